The van der Waals surface area contributed by atoms with Crippen LogP contribution in [0, 0.1) is 0 Å². The Bertz CT molecular complexity index is 258. The fraction of sp³-hybridized carbons (Fsp3) is 0.500. The third-order valence-corrected chi connectivity index (χ3v) is 2.57. The van der Waals surface area contributed by atoms with Crippen molar-refractivity contribution in [1.29, 1.82) is 0 Å². The molecule has 0 bridgehead atoms. The van der Waals surface area contributed by atoms with E-state index in [0.717, 1.165) is 6.54 Å². The van der Waals surface area contributed by atoms with E-state index in [1.165, 1.54) is 5.56 Å². The minimum absolute atomic E-state index is 0.0983. The van der Waals surface area contributed by atoms with Gasteiger partial charge in [-0.1, -0.05) is 37.3 Å². The Morgan fingerprint density at radius 1 is 1.29 bits per heavy atom. The topological polar surface area (TPSA) is 23.5 Å². The van der Waals surface area contributed by atoms with E-state index in [0.29, 0.717) is 0 Å². The highest BCUT2D eigenvalue weighted by Gasteiger charge is 2.20. The van der Waals surface area contributed by atoms with Crippen molar-refractivity contribution in [2.45, 2.75) is 26.0 Å². The summed E-state index contributed by atoms with van der Waals surface area (Å²) < 4.78 is 0. The molecule has 0 spiro atoms. The van der Waals surface area contributed by atoms with Gasteiger partial charge in [-0.05, 0) is 26.1 Å². The van der Waals surface area contributed by atoms with Crippen LogP contribution in [-0.2, 0) is 0 Å². The van der Waals surface area contributed by atoms with Crippen molar-refractivity contribution in [3.8, 4) is 0 Å². The fourth-order valence-corrected chi connectivity index (χ4v) is 1.75. The van der Waals surface area contributed by atoms with Crippen LogP contribution in [0.1, 0.15) is 25.5 Å². The lowest BCUT2D eigenvalue weighted by Crippen LogP contribution is -2.32. The van der Waals surface area contributed by atoms with Crippen LogP contribution < -0.4 is 0 Å². The summed E-state index contributed by atoms with van der Waals surface area (Å²) in [4.78, 5) is 2.15. The first-order valence-electron chi connectivity index (χ1n) is 5.10. The quantitative estimate of drug-likeness (QED) is 0.791. The Hall–Kier alpha value is -0.860. The van der Waals surface area contributed by atoms with Crippen LogP contribution in [0.2, 0.25) is 0 Å². The fourth-order valence-electron chi connectivity index (χ4n) is 1.75. The molecule has 1 N–H and O–H groups in total. The second kappa shape index (κ2) is 5.13. The molecule has 0 heterocycles. The predicted octanol–water partition coefficient (Wildman–Crippen LogP) is 2.06. The number of hydrogen-bond donors (Lipinski definition) is 1. The lowest BCUT2D eigenvalue weighted by atomic mass is 10.0. The van der Waals surface area contributed by atoms with E-state index in [-0.39, 0.29) is 12.1 Å². The number of aliphatic hydroxyl groups is 1. The minimum Gasteiger partial charge on any atom is -0.391 e. The Balaban J connectivity index is 2.89. The van der Waals surface area contributed by atoms with Crippen molar-refractivity contribution in [2.75, 3.05) is 13.6 Å². The Morgan fingerprint density at radius 3 is 2.29 bits per heavy atom. The number of hydrogen-bond acceptors (Lipinski definition) is 2. The molecule has 2 nitrogen and oxygen atoms in total. The van der Waals surface area contributed by atoms with Gasteiger partial charge in [-0.15, -0.1) is 0 Å². The molecule has 2 unspecified atom stereocenters. The van der Waals surface area contributed by atoms with Gasteiger partial charge in [0.1, 0.15) is 0 Å². The van der Waals surface area contributed by atoms with Crippen molar-refractivity contribution in [3.05, 3.63) is 35.9 Å². The van der Waals surface area contributed by atoms with E-state index < -0.39 is 0 Å². The minimum atomic E-state index is -0.345. The standard InChI is InChI=1S/C12H19NO/c1-4-13(3)12(10(2)14)11-8-6-5-7-9-11/h5-10,12,14H,4H2,1-3H3. The molecule has 1 rings (SSSR count). The second-order valence-electron chi connectivity index (χ2n) is 3.67. The second-order valence-corrected chi connectivity index (χ2v) is 3.67. The number of rotatable bonds is 4. The van der Waals surface area contributed by atoms with Gasteiger partial charge >= 0.3 is 0 Å². The third kappa shape index (κ3) is 2.56. The monoisotopic (exact) mass is 193 g/mol. The van der Waals surface area contributed by atoms with E-state index >= 15 is 0 Å². The van der Waals surface area contributed by atoms with Gasteiger partial charge in [0, 0.05) is 0 Å². The van der Waals surface area contributed by atoms with Gasteiger partial charge in [0.2, 0.25) is 0 Å². The summed E-state index contributed by atoms with van der Waals surface area (Å²) in [5, 5.41) is 9.73. The summed E-state index contributed by atoms with van der Waals surface area (Å²) in [5.74, 6) is 0. The van der Waals surface area contributed by atoms with Crippen LogP contribution in [-0.4, -0.2) is 29.7 Å². The molecule has 0 saturated carbocycles. The summed E-state index contributed by atoms with van der Waals surface area (Å²) in [6.45, 7) is 4.87. The zero-order chi connectivity index (χ0) is 10.6. The summed E-state index contributed by atoms with van der Waals surface area (Å²) in [5.41, 5.74) is 1.17. The summed E-state index contributed by atoms with van der Waals surface area (Å²) in [7, 11) is 2.03. The smallest absolute Gasteiger partial charge is 0.0708 e. The van der Waals surface area contributed by atoms with Crippen LogP contribution in [0.15, 0.2) is 30.3 Å². The molecule has 0 radical (unpaired) electrons. The maximum Gasteiger partial charge on any atom is 0.0708 e. The van der Waals surface area contributed by atoms with Gasteiger partial charge in [0.15, 0.2) is 0 Å². The summed E-state index contributed by atoms with van der Waals surface area (Å²) >= 11 is 0. The molecule has 0 aliphatic heterocycles. The number of benzene rings is 1. The molecule has 2 heteroatoms. The highest BCUT2D eigenvalue weighted by molar-refractivity contribution is 5.19. The number of likely N-dealkylation sites (N-methyl/N-ethyl adjacent to an activating group) is 1. The zero-order valence-corrected chi connectivity index (χ0v) is 9.14. The van der Waals surface area contributed by atoms with Crippen molar-refractivity contribution in [1.82, 2.24) is 4.90 Å². The molecular formula is C12H19NO. The molecule has 1 aromatic carbocycles. The van der Waals surface area contributed by atoms with Gasteiger partial charge in [0.05, 0.1) is 12.1 Å². The first kappa shape index (κ1) is 11.2. The molecule has 2 atom stereocenters. The molecule has 0 aliphatic rings. The first-order valence-corrected chi connectivity index (χ1v) is 5.10. The van der Waals surface area contributed by atoms with Crippen molar-refractivity contribution < 1.29 is 5.11 Å². The van der Waals surface area contributed by atoms with Gasteiger partial charge in [-0.3, -0.25) is 4.90 Å². The molecule has 1 aromatic rings. The number of nitrogens with zero attached hydrogens (tertiary/aromatic N) is 1. The maximum atomic E-state index is 9.73. The van der Waals surface area contributed by atoms with Gasteiger partial charge in [0.25, 0.3) is 0 Å². The molecule has 0 amide bonds. The van der Waals surface area contributed by atoms with E-state index in [4.69, 9.17) is 0 Å². The van der Waals surface area contributed by atoms with Gasteiger partial charge < -0.3 is 5.11 Å². The zero-order valence-electron chi connectivity index (χ0n) is 9.14. The highest BCUT2D eigenvalue weighted by atomic mass is 16.3. The van der Waals surface area contributed by atoms with Crippen LogP contribution >= 0.6 is 0 Å². The van der Waals surface area contributed by atoms with E-state index in [9.17, 15) is 5.11 Å². The first-order chi connectivity index (χ1) is 6.66. The molecule has 0 saturated heterocycles. The summed E-state index contributed by atoms with van der Waals surface area (Å²) in [6.07, 6.45) is -0.345. The average molecular weight is 193 g/mol. The van der Waals surface area contributed by atoms with Gasteiger partial charge in [-0.2, -0.15) is 0 Å². The van der Waals surface area contributed by atoms with Crippen LogP contribution in [0.4, 0.5) is 0 Å². The normalized spacial score (nSPS) is 15.5. The Kier molecular flexibility index (Phi) is 4.11. The van der Waals surface area contributed by atoms with Crippen LogP contribution in [0.25, 0.3) is 0 Å². The predicted molar refractivity (Wildman–Crippen MR) is 59.2 cm³/mol. The molecule has 0 aliphatic carbocycles. The SMILES string of the molecule is CCN(C)C(c1ccccc1)C(C)O. The Morgan fingerprint density at radius 2 is 1.86 bits per heavy atom. The van der Waals surface area contributed by atoms with E-state index in [2.05, 4.69) is 24.0 Å². The van der Waals surface area contributed by atoms with E-state index in [1.807, 2.05) is 32.2 Å². The van der Waals surface area contributed by atoms with Crippen molar-refractivity contribution in [3.63, 3.8) is 0 Å². The largest absolute Gasteiger partial charge is 0.391 e. The van der Waals surface area contributed by atoms with Crippen molar-refractivity contribution >= 4 is 0 Å². The van der Waals surface area contributed by atoms with Crippen molar-refractivity contribution in [2.24, 2.45) is 0 Å². The molecule has 0 fully saturated rings. The number of aliphatic hydroxyl groups excluding tert-OH is 1. The lowest BCUT2D eigenvalue weighted by molar-refractivity contribution is 0.0791. The Labute approximate surface area is 86.2 Å². The molecule has 14 heavy (non-hydrogen) atoms. The van der Waals surface area contributed by atoms with E-state index in [1.54, 1.807) is 0 Å². The maximum absolute atomic E-state index is 9.73. The molecule has 0 aromatic heterocycles. The van der Waals surface area contributed by atoms with Crippen LogP contribution in [0.5, 0.6) is 0 Å². The van der Waals surface area contributed by atoms with Crippen LogP contribution in [0.3, 0.4) is 0 Å². The summed E-state index contributed by atoms with van der Waals surface area (Å²) in [6, 6.07) is 10.2. The average Bonchev–Trinajstić information content (AvgIpc) is 2.19. The lowest BCUT2D eigenvalue weighted by Gasteiger charge is -2.29. The van der Waals surface area contributed by atoms with Gasteiger partial charge in [-0.25, -0.2) is 0 Å². The molecule has 78 valence electrons. The highest BCUT2D eigenvalue weighted by Crippen LogP contribution is 2.22. The molecular weight excluding hydrogens is 174 g/mol. The third-order valence-electron chi connectivity index (χ3n) is 2.57.